The van der Waals surface area contributed by atoms with Crippen LogP contribution in [0, 0.1) is 6.92 Å². The third-order valence-corrected chi connectivity index (χ3v) is 3.70. The van der Waals surface area contributed by atoms with Gasteiger partial charge < -0.3 is 9.09 Å². The number of imidazole rings is 1. The molecule has 0 aliphatic carbocycles. The molecule has 21 heavy (non-hydrogen) atoms. The highest BCUT2D eigenvalue weighted by atomic mass is 35.5. The first-order chi connectivity index (χ1) is 10.0. The maximum Gasteiger partial charge on any atom is 0.159 e. The minimum absolute atomic E-state index is 0.189. The molecule has 112 valence electrons. The SMILES string of the molecule is CCc1nn(C)c2c1nc(C(C)Cl)n2Cc1cc(C)no1. The van der Waals surface area contributed by atoms with E-state index in [2.05, 4.69) is 21.7 Å². The molecular weight excluding hydrogens is 290 g/mol. The molecule has 0 saturated carbocycles. The number of hydrogen-bond donors (Lipinski definition) is 0. The van der Waals surface area contributed by atoms with Gasteiger partial charge in [0.2, 0.25) is 0 Å². The van der Waals surface area contributed by atoms with E-state index in [0.717, 1.165) is 40.6 Å². The van der Waals surface area contributed by atoms with Crippen molar-refractivity contribution >= 4 is 22.8 Å². The predicted octanol–water partition coefficient (Wildman–Crippen LogP) is 2.98. The molecule has 0 radical (unpaired) electrons. The highest BCUT2D eigenvalue weighted by molar-refractivity contribution is 6.20. The van der Waals surface area contributed by atoms with E-state index >= 15 is 0 Å². The highest BCUT2D eigenvalue weighted by Gasteiger charge is 2.22. The molecule has 0 fully saturated rings. The van der Waals surface area contributed by atoms with Crippen LogP contribution in [0.2, 0.25) is 0 Å². The van der Waals surface area contributed by atoms with Gasteiger partial charge in [-0.2, -0.15) is 5.10 Å². The summed E-state index contributed by atoms with van der Waals surface area (Å²) >= 11 is 6.30. The number of halogens is 1. The van der Waals surface area contributed by atoms with Gasteiger partial charge in [-0.05, 0) is 20.3 Å². The van der Waals surface area contributed by atoms with Crippen molar-refractivity contribution in [1.82, 2.24) is 24.5 Å². The lowest BCUT2D eigenvalue weighted by molar-refractivity contribution is 0.372. The Morgan fingerprint density at radius 3 is 2.76 bits per heavy atom. The highest BCUT2D eigenvalue weighted by Crippen LogP contribution is 2.27. The standard InChI is InChI=1S/C14H18ClN5O/c1-5-11-12-14(19(4)17-11)20(13(16-12)9(3)15)7-10-6-8(2)18-21-10/h6,9H,5,7H2,1-4H3. The summed E-state index contributed by atoms with van der Waals surface area (Å²) < 4.78 is 9.23. The van der Waals surface area contributed by atoms with Crippen LogP contribution < -0.4 is 0 Å². The summed E-state index contributed by atoms with van der Waals surface area (Å²) in [5.74, 6) is 1.60. The van der Waals surface area contributed by atoms with Crippen LogP contribution in [0.25, 0.3) is 11.2 Å². The molecule has 0 amide bonds. The van der Waals surface area contributed by atoms with E-state index < -0.39 is 0 Å². The molecule has 0 spiro atoms. The van der Waals surface area contributed by atoms with Crippen molar-refractivity contribution in [2.75, 3.05) is 0 Å². The summed E-state index contributed by atoms with van der Waals surface area (Å²) in [5, 5.41) is 8.26. The fourth-order valence-electron chi connectivity index (χ4n) is 2.60. The molecule has 3 aromatic rings. The maximum atomic E-state index is 6.30. The van der Waals surface area contributed by atoms with Gasteiger partial charge in [0.1, 0.15) is 11.3 Å². The third-order valence-electron chi connectivity index (χ3n) is 3.50. The average Bonchev–Trinajstić information content (AvgIpc) is 3.07. The normalized spacial score (nSPS) is 13.2. The monoisotopic (exact) mass is 307 g/mol. The number of nitrogens with zero attached hydrogens (tertiary/aromatic N) is 5. The van der Waals surface area contributed by atoms with Crippen molar-refractivity contribution in [2.24, 2.45) is 7.05 Å². The van der Waals surface area contributed by atoms with E-state index in [0.29, 0.717) is 6.54 Å². The molecule has 0 aromatic carbocycles. The lowest BCUT2D eigenvalue weighted by Crippen LogP contribution is -2.08. The summed E-state index contributed by atoms with van der Waals surface area (Å²) in [6, 6.07) is 1.92. The Kier molecular flexibility index (Phi) is 3.49. The van der Waals surface area contributed by atoms with Gasteiger partial charge in [-0.1, -0.05) is 12.1 Å². The van der Waals surface area contributed by atoms with Crippen LogP contribution in [-0.4, -0.2) is 24.5 Å². The number of fused-ring (bicyclic) bond motifs is 1. The van der Waals surface area contributed by atoms with Crippen molar-refractivity contribution < 1.29 is 4.52 Å². The van der Waals surface area contributed by atoms with Crippen LogP contribution in [0.15, 0.2) is 10.6 Å². The van der Waals surface area contributed by atoms with Crippen LogP contribution >= 0.6 is 11.6 Å². The van der Waals surface area contributed by atoms with Crippen LogP contribution in [0.4, 0.5) is 0 Å². The fraction of sp³-hybridized carbons (Fsp3) is 0.500. The molecular formula is C14H18ClN5O. The number of alkyl halides is 1. The van der Waals surface area contributed by atoms with Crippen LogP contribution in [-0.2, 0) is 20.0 Å². The fourth-order valence-corrected chi connectivity index (χ4v) is 2.77. The molecule has 3 rings (SSSR count). The first-order valence-electron chi connectivity index (χ1n) is 6.99. The van der Waals surface area contributed by atoms with Crippen molar-refractivity contribution in [1.29, 1.82) is 0 Å². The van der Waals surface area contributed by atoms with Crippen molar-refractivity contribution in [2.45, 2.75) is 39.1 Å². The average molecular weight is 308 g/mol. The van der Waals surface area contributed by atoms with E-state index in [9.17, 15) is 0 Å². The van der Waals surface area contributed by atoms with E-state index in [-0.39, 0.29) is 5.38 Å². The predicted molar refractivity (Wildman–Crippen MR) is 80.5 cm³/mol. The Morgan fingerprint density at radius 1 is 1.43 bits per heavy atom. The molecule has 7 heteroatoms. The molecule has 6 nitrogen and oxygen atoms in total. The topological polar surface area (TPSA) is 61.7 Å². The first kappa shape index (κ1) is 14.1. The summed E-state index contributed by atoms with van der Waals surface area (Å²) in [7, 11) is 1.92. The second kappa shape index (κ2) is 5.18. The minimum Gasteiger partial charge on any atom is -0.359 e. The van der Waals surface area contributed by atoms with Crippen molar-refractivity contribution in [3.05, 3.63) is 29.0 Å². The lowest BCUT2D eigenvalue weighted by atomic mass is 10.3. The molecule has 1 unspecified atom stereocenters. The van der Waals surface area contributed by atoms with Gasteiger partial charge in [0.25, 0.3) is 0 Å². The minimum atomic E-state index is -0.189. The van der Waals surface area contributed by atoms with E-state index in [1.54, 1.807) is 0 Å². The lowest BCUT2D eigenvalue weighted by Gasteiger charge is -2.08. The summed E-state index contributed by atoms with van der Waals surface area (Å²) in [5.41, 5.74) is 3.72. The van der Waals surface area contributed by atoms with Gasteiger partial charge in [0.05, 0.1) is 23.3 Å². The first-order valence-corrected chi connectivity index (χ1v) is 7.43. The number of aryl methyl sites for hydroxylation is 3. The van der Waals surface area contributed by atoms with Crippen LogP contribution in [0.3, 0.4) is 0 Å². The van der Waals surface area contributed by atoms with Crippen LogP contribution in [0.5, 0.6) is 0 Å². The van der Waals surface area contributed by atoms with E-state index in [4.69, 9.17) is 21.1 Å². The summed E-state index contributed by atoms with van der Waals surface area (Å²) in [6.07, 6.45) is 0.839. The van der Waals surface area contributed by atoms with Gasteiger partial charge in [0, 0.05) is 13.1 Å². The quantitative estimate of drug-likeness (QED) is 0.695. The van der Waals surface area contributed by atoms with Crippen molar-refractivity contribution in [3.8, 4) is 0 Å². The van der Waals surface area contributed by atoms with Gasteiger partial charge in [-0.15, -0.1) is 11.6 Å². The molecule has 0 aliphatic rings. The largest absolute Gasteiger partial charge is 0.359 e. The zero-order valence-corrected chi connectivity index (χ0v) is 13.3. The molecule has 3 aromatic heterocycles. The Bertz CT molecular complexity index is 783. The van der Waals surface area contributed by atoms with Gasteiger partial charge in [0.15, 0.2) is 11.4 Å². The van der Waals surface area contributed by atoms with Gasteiger partial charge in [-0.25, -0.2) is 4.98 Å². The second-order valence-corrected chi connectivity index (χ2v) is 5.86. The summed E-state index contributed by atoms with van der Waals surface area (Å²) in [4.78, 5) is 4.69. The smallest absolute Gasteiger partial charge is 0.159 e. The van der Waals surface area contributed by atoms with Crippen molar-refractivity contribution in [3.63, 3.8) is 0 Å². The number of hydrogen-bond acceptors (Lipinski definition) is 4. The Morgan fingerprint density at radius 2 is 2.19 bits per heavy atom. The zero-order valence-electron chi connectivity index (χ0n) is 12.6. The summed E-state index contributed by atoms with van der Waals surface area (Å²) in [6.45, 7) is 6.45. The molecule has 0 aliphatic heterocycles. The molecule has 0 bridgehead atoms. The second-order valence-electron chi connectivity index (χ2n) is 5.20. The zero-order chi connectivity index (χ0) is 15.1. The Labute approximate surface area is 127 Å². The third kappa shape index (κ3) is 2.33. The number of aromatic nitrogens is 5. The molecule has 1 atom stereocenters. The Hall–Kier alpha value is -1.82. The van der Waals surface area contributed by atoms with Crippen LogP contribution in [0.1, 0.15) is 42.2 Å². The van der Waals surface area contributed by atoms with E-state index in [1.807, 2.05) is 31.6 Å². The number of rotatable bonds is 4. The molecule has 0 N–H and O–H groups in total. The molecule has 0 saturated heterocycles. The molecule has 3 heterocycles. The maximum absolute atomic E-state index is 6.30. The van der Waals surface area contributed by atoms with Gasteiger partial charge in [-0.3, -0.25) is 4.68 Å². The van der Waals surface area contributed by atoms with E-state index in [1.165, 1.54) is 0 Å². The Balaban J connectivity index is 2.18. The van der Waals surface area contributed by atoms with Gasteiger partial charge >= 0.3 is 0 Å².